The average Bonchev–Trinajstić information content (AvgIpc) is 3.44. The molecule has 1 aliphatic rings. The van der Waals surface area contributed by atoms with E-state index in [9.17, 15) is 4.79 Å². The van der Waals surface area contributed by atoms with E-state index in [2.05, 4.69) is 15.2 Å². The predicted molar refractivity (Wildman–Crippen MR) is 128 cm³/mol. The molecule has 1 amide bonds. The van der Waals surface area contributed by atoms with Gasteiger partial charge in [0.25, 0.3) is 5.91 Å². The van der Waals surface area contributed by atoms with Gasteiger partial charge in [-0.15, -0.1) is 11.3 Å². The van der Waals surface area contributed by atoms with Crippen molar-refractivity contribution in [2.75, 3.05) is 36.5 Å². The molecule has 7 nitrogen and oxygen atoms in total. The second-order valence-corrected chi connectivity index (χ2v) is 9.47. The zero-order valence-corrected chi connectivity index (χ0v) is 19.2. The minimum Gasteiger partial charge on any atom is -0.487 e. The molecule has 0 atom stereocenters. The van der Waals surface area contributed by atoms with E-state index in [1.54, 1.807) is 46.9 Å². The third-order valence-corrected chi connectivity index (χ3v) is 6.99. The van der Waals surface area contributed by atoms with Gasteiger partial charge in [0.15, 0.2) is 5.13 Å². The lowest BCUT2D eigenvalue weighted by atomic mass is 10.2. The maximum Gasteiger partial charge on any atom is 0.255 e. The van der Waals surface area contributed by atoms with Crippen LogP contribution in [0, 0.1) is 6.92 Å². The Balaban J connectivity index is 1.22. The quantitative estimate of drug-likeness (QED) is 0.443. The summed E-state index contributed by atoms with van der Waals surface area (Å²) in [5.41, 5.74) is 3.16. The molecule has 0 unspecified atom stereocenters. The van der Waals surface area contributed by atoms with E-state index in [0.29, 0.717) is 17.9 Å². The van der Waals surface area contributed by atoms with E-state index in [-0.39, 0.29) is 5.91 Å². The van der Waals surface area contributed by atoms with Crippen LogP contribution in [0.2, 0.25) is 0 Å². The molecule has 2 aromatic carbocycles. The first kappa shape index (κ1) is 20.9. The molecule has 1 aliphatic heterocycles. The maximum absolute atomic E-state index is 12.7. The Morgan fingerprint density at radius 2 is 1.97 bits per heavy atom. The van der Waals surface area contributed by atoms with Crippen LogP contribution in [0.15, 0.2) is 47.8 Å². The lowest BCUT2D eigenvalue weighted by molar-refractivity contribution is 0.102. The third kappa shape index (κ3) is 4.74. The van der Waals surface area contributed by atoms with Crippen LogP contribution in [-0.2, 0) is 11.3 Å². The first-order valence-corrected chi connectivity index (χ1v) is 12.0. The van der Waals surface area contributed by atoms with Crippen molar-refractivity contribution in [2.24, 2.45) is 0 Å². The Bertz CT molecular complexity index is 1230. The SMILES string of the molecule is Cc1nc(COc2ccc(C(=O)Nc3ccc4nc(N5CCOCC5)sc4c3)cc2)cs1. The second kappa shape index (κ2) is 9.23. The van der Waals surface area contributed by atoms with Gasteiger partial charge in [0, 0.05) is 29.7 Å². The topological polar surface area (TPSA) is 76.6 Å². The summed E-state index contributed by atoms with van der Waals surface area (Å²) in [6.07, 6.45) is 0. The van der Waals surface area contributed by atoms with Crippen molar-refractivity contribution in [1.29, 1.82) is 0 Å². The number of carbonyl (C=O) groups is 1. The van der Waals surface area contributed by atoms with E-state index in [1.807, 2.05) is 30.5 Å². The number of nitrogens with zero attached hydrogens (tertiary/aromatic N) is 3. The number of fused-ring (bicyclic) bond motifs is 1. The molecule has 1 fully saturated rings. The molecule has 5 rings (SSSR count). The fourth-order valence-electron chi connectivity index (χ4n) is 3.42. The Morgan fingerprint density at radius 3 is 2.72 bits per heavy atom. The van der Waals surface area contributed by atoms with Gasteiger partial charge in [0.05, 0.1) is 34.1 Å². The molecule has 3 heterocycles. The van der Waals surface area contributed by atoms with Gasteiger partial charge in [-0.2, -0.15) is 0 Å². The minimum atomic E-state index is -0.163. The van der Waals surface area contributed by atoms with Gasteiger partial charge in [-0.3, -0.25) is 4.79 Å². The fourth-order valence-corrected chi connectivity index (χ4v) is 5.07. The van der Waals surface area contributed by atoms with Crippen LogP contribution in [0.3, 0.4) is 0 Å². The summed E-state index contributed by atoms with van der Waals surface area (Å²) in [5, 5.41) is 6.98. The smallest absolute Gasteiger partial charge is 0.255 e. The molecule has 0 saturated carbocycles. The number of hydrogen-bond acceptors (Lipinski definition) is 8. The van der Waals surface area contributed by atoms with Crippen LogP contribution in [0.25, 0.3) is 10.2 Å². The monoisotopic (exact) mass is 466 g/mol. The first-order valence-electron chi connectivity index (χ1n) is 10.3. The van der Waals surface area contributed by atoms with Gasteiger partial charge in [0.1, 0.15) is 12.4 Å². The number of carbonyl (C=O) groups excluding carboxylic acids is 1. The van der Waals surface area contributed by atoms with Gasteiger partial charge in [0.2, 0.25) is 0 Å². The van der Waals surface area contributed by atoms with Crippen molar-refractivity contribution in [3.8, 4) is 5.75 Å². The molecule has 0 radical (unpaired) electrons. The van der Waals surface area contributed by atoms with Crippen molar-refractivity contribution >= 4 is 49.6 Å². The van der Waals surface area contributed by atoms with Gasteiger partial charge in [-0.25, -0.2) is 9.97 Å². The number of rotatable bonds is 6. The fraction of sp³-hybridized carbons (Fsp3) is 0.261. The Labute approximate surface area is 193 Å². The van der Waals surface area contributed by atoms with Crippen molar-refractivity contribution in [3.63, 3.8) is 0 Å². The zero-order valence-electron chi connectivity index (χ0n) is 17.5. The molecule has 2 aromatic heterocycles. The van der Waals surface area contributed by atoms with E-state index in [4.69, 9.17) is 14.5 Å². The van der Waals surface area contributed by atoms with Gasteiger partial charge in [-0.1, -0.05) is 11.3 Å². The Kier molecular flexibility index (Phi) is 6.02. The molecular formula is C23H22N4O3S2. The summed E-state index contributed by atoms with van der Waals surface area (Å²) in [6, 6.07) is 12.9. The lowest BCUT2D eigenvalue weighted by Crippen LogP contribution is -2.36. The standard InChI is InChI=1S/C23H22N4O3S2/c1-15-24-18(14-31-15)13-30-19-5-2-16(3-6-19)22(28)25-17-4-7-20-21(12-17)32-23(26-20)27-8-10-29-11-9-27/h2-7,12,14H,8-11,13H2,1H3,(H,25,28). The Morgan fingerprint density at radius 1 is 1.16 bits per heavy atom. The van der Waals surface area contributed by atoms with Crippen LogP contribution in [0.4, 0.5) is 10.8 Å². The number of anilines is 2. The molecule has 0 aliphatic carbocycles. The van der Waals surface area contributed by atoms with Gasteiger partial charge < -0.3 is 19.7 Å². The van der Waals surface area contributed by atoms with Gasteiger partial charge >= 0.3 is 0 Å². The number of amides is 1. The van der Waals surface area contributed by atoms with Crippen LogP contribution in [-0.4, -0.2) is 42.2 Å². The molecule has 0 bridgehead atoms. The predicted octanol–water partition coefficient (Wildman–Crippen LogP) is 4.73. The van der Waals surface area contributed by atoms with E-state index in [1.165, 1.54) is 0 Å². The summed E-state index contributed by atoms with van der Waals surface area (Å²) in [7, 11) is 0. The highest BCUT2D eigenvalue weighted by atomic mass is 32.1. The van der Waals surface area contributed by atoms with Gasteiger partial charge in [-0.05, 0) is 49.4 Å². The molecule has 1 saturated heterocycles. The highest BCUT2D eigenvalue weighted by molar-refractivity contribution is 7.22. The van der Waals surface area contributed by atoms with E-state index >= 15 is 0 Å². The first-order chi connectivity index (χ1) is 15.6. The number of morpholine rings is 1. The molecule has 4 aromatic rings. The maximum atomic E-state index is 12.7. The molecule has 1 N–H and O–H groups in total. The van der Waals surface area contributed by atoms with Crippen molar-refractivity contribution < 1.29 is 14.3 Å². The molecule has 9 heteroatoms. The molecule has 32 heavy (non-hydrogen) atoms. The van der Waals surface area contributed by atoms with Crippen molar-refractivity contribution in [3.05, 3.63) is 64.1 Å². The van der Waals surface area contributed by atoms with Crippen LogP contribution < -0.4 is 15.0 Å². The molecule has 0 spiro atoms. The average molecular weight is 467 g/mol. The van der Waals surface area contributed by atoms with Crippen LogP contribution in [0.1, 0.15) is 21.1 Å². The minimum absolute atomic E-state index is 0.163. The summed E-state index contributed by atoms with van der Waals surface area (Å²) in [6.45, 7) is 5.55. The lowest BCUT2D eigenvalue weighted by Gasteiger charge is -2.25. The number of hydrogen-bond donors (Lipinski definition) is 1. The number of nitrogens with one attached hydrogen (secondary N) is 1. The highest BCUT2D eigenvalue weighted by Crippen LogP contribution is 2.31. The second-order valence-electron chi connectivity index (χ2n) is 7.40. The zero-order chi connectivity index (χ0) is 21.9. The number of benzene rings is 2. The summed E-state index contributed by atoms with van der Waals surface area (Å²) in [5.74, 6) is 0.540. The third-order valence-electron chi connectivity index (χ3n) is 5.09. The number of aryl methyl sites for hydroxylation is 1. The van der Waals surface area contributed by atoms with E-state index in [0.717, 1.165) is 58.0 Å². The van der Waals surface area contributed by atoms with E-state index < -0.39 is 0 Å². The summed E-state index contributed by atoms with van der Waals surface area (Å²) in [4.78, 5) is 24.1. The molecular weight excluding hydrogens is 444 g/mol. The molecule has 164 valence electrons. The highest BCUT2D eigenvalue weighted by Gasteiger charge is 2.16. The Hall–Kier alpha value is -3.01. The summed E-state index contributed by atoms with van der Waals surface area (Å²) < 4.78 is 12.2. The van der Waals surface area contributed by atoms with Crippen molar-refractivity contribution in [1.82, 2.24) is 9.97 Å². The largest absolute Gasteiger partial charge is 0.487 e. The summed E-state index contributed by atoms with van der Waals surface area (Å²) >= 11 is 3.24. The normalized spacial score (nSPS) is 14.0. The number of ether oxygens (including phenoxy) is 2. The number of thiazole rings is 2. The van der Waals surface area contributed by atoms with Crippen LogP contribution in [0.5, 0.6) is 5.75 Å². The number of aromatic nitrogens is 2. The van der Waals surface area contributed by atoms with Crippen LogP contribution >= 0.6 is 22.7 Å². The van der Waals surface area contributed by atoms with Crippen molar-refractivity contribution in [2.45, 2.75) is 13.5 Å².